The van der Waals surface area contributed by atoms with Gasteiger partial charge in [0, 0.05) is 49.3 Å². The molecular formula is C20H29N5S2. The van der Waals surface area contributed by atoms with E-state index in [0.29, 0.717) is 12.5 Å². The first-order valence-corrected chi connectivity index (χ1v) is 11.5. The zero-order valence-corrected chi connectivity index (χ0v) is 18.0. The second-order valence-corrected chi connectivity index (χ2v) is 9.03. The summed E-state index contributed by atoms with van der Waals surface area (Å²) < 4.78 is 0. The van der Waals surface area contributed by atoms with E-state index in [4.69, 9.17) is 0 Å². The second kappa shape index (κ2) is 9.99. The van der Waals surface area contributed by atoms with Gasteiger partial charge in [-0.1, -0.05) is 26.0 Å². The maximum atomic E-state index is 4.66. The third-order valence-corrected chi connectivity index (χ3v) is 6.37. The zero-order valence-electron chi connectivity index (χ0n) is 16.4. The molecule has 2 N–H and O–H groups in total. The Balaban J connectivity index is 1.47. The van der Waals surface area contributed by atoms with Gasteiger partial charge >= 0.3 is 0 Å². The Bertz CT molecular complexity index is 733. The molecule has 3 rings (SSSR count). The van der Waals surface area contributed by atoms with E-state index in [-0.39, 0.29) is 0 Å². The van der Waals surface area contributed by atoms with Crippen LogP contribution in [-0.4, -0.2) is 42.6 Å². The Kier molecular flexibility index (Phi) is 7.41. The number of guanidine groups is 1. The van der Waals surface area contributed by atoms with Crippen LogP contribution in [0.25, 0.3) is 0 Å². The molecule has 1 aromatic carbocycles. The third-order valence-electron chi connectivity index (χ3n) is 4.56. The molecule has 1 aliphatic rings. The molecule has 146 valence electrons. The van der Waals surface area contributed by atoms with Crippen molar-refractivity contribution in [2.45, 2.75) is 32.9 Å². The first-order valence-electron chi connectivity index (χ1n) is 9.46. The van der Waals surface area contributed by atoms with Crippen molar-refractivity contribution in [2.75, 3.05) is 36.5 Å². The van der Waals surface area contributed by atoms with Gasteiger partial charge < -0.3 is 15.5 Å². The van der Waals surface area contributed by atoms with Crippen LogP contribution < -0.4 is 15.5 Å². The number of anilines is 1. The first-order chi connectivity index (χ1) is 13.2. The number of nitrogens with one attached hydrogen (secondary N) is 2. The quantitative estimate of drug-likeness (QED) is 0.569. The fourth-order valence-electron chi connectivity index (χ4n) is 2.88. The van der Waals surface area contributed by atoms with E-state index < -0.39 is 0 Å². The highest BCUT2D eigenvalue weighted by Gasteiger charge is 2.11. The van der Waals surface area contributed by atoms with Crippen LogP contribution in [0.1, 0.15) is 36.0 Å². The maximum Gasteiger partial charge on any atom is 0.191 e. The van der Waals surface area contributed by atoms with Gasteiger partial charge in [0.05, 0.1) is 12.2 Å². The van der Waals surface area contributed by atoms with Crippen molar-refractivity contribution in [2.24, 2.45) is 4.99 Å². The van der Waals surface area contributed by atoms with Gasteiger partial charge in [-0.2, -0.15) is 11.8 Å². The standard InChI is InChI=1S/C20H29N5S2/c1-15(2)18-14-27-19(24-18)13-23-20(21-3)22-12-16-4-6-17(7-5-16)25-8-10-26-11-9-25/h4-7,14-15H,8-13H2,1-3H3,(H2,21,22,23). The van der Waals surface area contributed by atoms with Gasteiger partial charge in [0.25, 0.3) is 0 Å². The van der Waals surface area contributed by atoms with Gasteiger partial charge in [0.2, 0.25) is 0 Å². The van der Waals surface area contributed by atoms with Gasteiger partial charge in [-0.15, -0.1) is 11.3 Å². The topological polar surface area (TPSA) is 52.6 Å². The number of nitrogens with zero attached hydrogens (tertiary/aromatic N) is 3. The number of hydrogen-bond donors (Lipinski definition) is 2. The van der Waals surface area contributed by atoms with Crippen molar-refractivity contribution >= 4 is 34.7 Å². The van der Waals surface area contributed by atoms with Crippen molar-refractivity contribution in [1.29, 1.82) is 0 Å². The zero-order chi connectivity index (χ0) is 19.1. The fraction of sp³-hybridized carbons (Fsp3) is 0.500. The van der Waals surface area contributed by atoms with Gasteiger partial charge in [-0.05, 0) is 23.6 Å². The normalized spacial score (nSPS) is 15.3. The largest absolute Gasteiger partial charge is 0.370 e. The van der Waals surface area contributed by atoms with Crippen LogP contribution in [0.2, 0.25) is 0 Å². The van der Waals surface area contributed by atoms with Crippen molar-refractivity contribution < 1.29 is 0 Å². The summed E-state index contributed by atoms with van der Waals surface area (Å²) in [4.78, 5) is 11.4. The number of thioether (sulfide) groups is 1. The summed E-state index contributed by atoms with van der Waals surface area (Å²) in [6.07, 6.45) is 0. The predicted octanol–water partition coefficient (Wildman–Crippen LogP) is 3.68. The average Bonchev–Trinajstić information content (AvgIpc) is 3.19. The summed E-state index contributed by atoms with van der Waals surface area (Å²) in [7, 11) is 1.80. The van der Waals surface area contributed by atoms with E-state index in [9.17, 15) is 0 Å². The Morgan fingerprint density at radius 3 is 2.48 bits per heavy atom. The summed E-state index contributed by atoms with van der Waals surface area (Å²) in [5.74, 6) is 3.72. The van der Waals surface area contributed by atoms with Crippen molar-refractivity contribution in [3.05, 3.63) is 45.9 Å². The highest BCUT2D eigenvalue weighted by atomic mass is 32.2. The van der Waals surface area contributed by atoms with Crippen LogP contribution in [-0.2, 0) is 13.1 Å². The van der Waals surface area contributed by atoms with Crippen LogP contribution in [0, 0.1) is 0 Å². The Morgan fingerprint density at radius 1 is 1.15 bits per heavy atom. The minimum absolute atomic E-state index is 0.471. The molecule has 0 atom stereocenters. The Hall–Kier alpha value is -1.73. The minimum atomic E-state index is 0.471. The van der Waals surface area contributed by atoms with Crippen molar-refractivity contribution in [3.63, 3.8) is 0 Å². The molecule has 0 aliphatic carbocycles. The second-order valence-electron chi connectivity index (χ2n) is 6.87. The molecule has 0 bridgehead atoms. The van der Waals surface area contributed by atoms with E-state index in [1.54, 1.807) is 18.4 Å². The van der Waals surface area contributed by atoms with Crippen molar-refractivity contribution in [3.8, 4) is 0 Å². The lowest BCUT2D eigenvalue weighted by atomic mass is 10.2. The average molecular weight is 404 g/mol. The molecule has 0 radical (unpaired) electrons. The van der Waals surface area contributed by atoms with E-state index in [1.807, 2.05) is 11.8 Å². The molecule has 0 saturated carbocycles. The molecule has 1 fully saturated rings. The lowest BCUT2D eigenvalue weighted by Crippen LogP contribution is -2.36. The predicted molar refractivity (Wildman–Crippen MR) is 119 cm³/mol. The van der Waals surface area contributed by atoms with Crippen LogP contribution in [0.5, 0.6) is 0 Å². The lowest BCUT2D eigenvalue weighted by molar-refractivity contribution is 0.785. The molecule has 7 heteroatoms. The maximum absolute atomic E-state index is 4.66. The number of benzene rings is 1. The Labute approximate surface area is 170 Å². The molecule has 1 saturated heterocycles. The van der Waals surface area contributed by atoms with Gasteiger partial charge in [-0.3, -0.25) is 4.99 Å². The van der Waals surface area contributed by atoms with Gasteiger partial charge in [0.15, 0.2) is 5.96 Å². The molecular weight excluding hydrogens is 374 g/mol. The number of aromatic nitrogens is 1. The van der Waals surface area contributed by atoms with E-state index in [1.165, 1.54) is 22.8 Å². The van der Waals surface area contributed by atoms with Crippen molar-refractivity contribution in [1.82, 2.24) is 15.6 Å². The van der Waals surface area contributed by atoms with Crippen LogP contribution in [0.3, 0.4) is 0 Å². The van der Waals surface area contributed by atoms with Crippen LogP contribution in [0.4, 0.5) is 5.69 Å². The van der Waals surface area contributed by atoms with E-state index in [2.05, 4.69) is 69.0 Å². The minimum Gasteiger partial charge on any atom is -0.370 e. The molecule has 2 heterocycles. The van der Waals surface area contributed by atoms with E-state index >= 15 is 0 Å². The molecule has 0 amide bonds. The van der Waals surface area contributed by atoms with E-state index in [0.717, 1.165) is 36.3 Å². The molecule has 1 aromatic heterocycles. The summed E-state index contributed by atoms with van der Waals surface area (Å²) in [5, 5.41) is 9.96. The number of hydrogen-bond acceptors (Lipinski definition) is 5. The van der Waals surface area contributed by atoms with Crippen LogP contribution in [0.15, 0.2) is 34.6 Å². The highest BCUT2D eigenvalue weighted by molar-refractivity contribution is 7.99. The molecule has 27 heavy (non-hydrogen) atoms. The fourth-order valence-corrected chi connectivity index (χ4v) is 4.68. The van der Waals surface area contributed by atoms with Gasteiger partial charge in [0.1, 0.15) is 5.01 Å². The highest BCUT2D eigenvalue weighted by Crippen LogP contribution is 2.20. The molecule has 0 unspecified atom stereocenters. The summed E-state index contributed by atoms with van der Waals surface area (Å²) in [5.41, 5.74) is 3.74. The summed E-state index contributed by atoms with van der Waals surface area (Å²) in [6.45, 7) is 8.08. The molecule has 2 aromatic rings. The summed E-state index contributed by atoms with van der Waals surface area (Å²) >= 11 is 3.74. The lowest BCUT2D eigenvalue weighted by Gasteiger charge is -2.28. The number of aliphatic imine (C=N–C) groups is 1. The Morgan fingerprint density at radius 2 is 1.85 bits per heavy atom. The molecule has 5 nitrogen and oxygen atoms in total. The monoisotopic (exact) mass is 403 g/mol. The third kappa shape index (κ3) is 5.87. The SMILES string of the molecule is CN=C(NCc1ccc(N2CCSCC2)cc1)NCc1nc(C(C)C)cs1. The number of thiazole rings is 1. The summed E-state index contributed by atoms with van der Waals surface area (Å²) in [6, 6.07) is 8.86. The number of rotatable bonds is 6. The van der Waals surface area contributed by atoms with Gasteiger partial charge in [-0.25, -0.2) is 4.98 Å². The molecule has 1 aliphatic heterocycles. The van der Waals surface area contributed by atoms with Crippen LogP contribution >= 0.6 is 23.1 Å². The smallest absolute Gasteiger partial charge is 0.191 e. The molecule has 0 spiro atoms. The first kappa shape index (κ1) is 20.0.